The number of halogens is 2. The molecule has 1 unspecified atom stereocenters. The van der Waals surface area contributed by atoms with Crippen LogP contribution in [0.5, 0.6) is 0 Å². The lowest BCUT2D eigenvalue weighted by atomic mass is 9.96. The molecule has 0 aliphatic carbocycles. The number of aryl methyl sites for hydroxylation is 1. The third kappa shape index (κ3) is 3.31. The predicted molar refractivity (Wildman–Crippen MR) is 75.7 cm³/mol. The van der Waals surface area contributed by atoms with E-state index in [9.17, 15) is 4.39 Å². The van der Waals surface area contributed by atoms with Gasteiger partial charge in [0.2, 0.25) is 0 Å². The van der Waals surface area contributed by atoms with E-state index in [2.05, 4.69) is 11.9 Å². The highest BCUT2D eigenvalue weighted by atomic mass is 35.5. The molecule has 0 amide bonds. The van der Waals surface area contributed by atoms with E-state index in [-0.39, 0.29) is 11.9 Å². The van der Waals surface area contributed by atoms with Crippen molar-refractivity contribution in [1.29, 1.82) is 0 Å². The molecule has 0 aliphatic heterocycles. The van der Waals surface area contributed by atoms with Gasteiger partial charge in [-0.25, -0.2) is 4.39 Å². The van der Waals surface area contributed by atoms with Gasteiger partial charge in [-0.3, -0.25) is 4.98 Å². The predicted octanol–water partition coefficient (Wildman–Crippen LogP) is 3.68. The number of rotatable bonds is 4. The van der Waals surface area contributed by atoms with Crippen LogP contribution in [0.3, 0.4) is 0 Å². The summed E-state index contributed by atoms with van der Waals surface area (Å²) in [6.07, 6.45) is 5.03. The Morgan fingerprint density at radius 1 is 1.32 bits per heavy atom. The van der Waals surface area contributed by atoms with Crippen LogP contribution in [0.1, 0.15) is 29.7 Å². The Morgan fingerprint density at radius 3 is 2.79 bits per heavy atom. The molecule has 4 heteroatoms. The van der Waals surface area contributed by atoms with E-state index in [0.29, 0.717) is 11.4 Å². The van der Waals surface area contributed by atoms with Crippen molar-refractivity contribution in [3.8, 4) is 0 Å². The van der Waals surface area contributed by atoms with E-state index in [1.54, 1.807) is 12.3 Å². The molecular formula is C15H16ClFN2. The topological polar surface area (TPSA) is 38.9 Å². The number of nitrogens with zero attached hydrogens (tertiary/aromatic N) is 1. The fraction of sp³-hybridized carbons (Fsp3) is 0.267. The van der Waals surface area contributed by atoms with Crippen LogP contribution in [0.15, 0.2) is 36.7 Å². The first-order chi connectivity index (χ1) is 9.11. The van der Waals surface area contributed by atoms with Gasteiger partial charge in [0, 0.05) is 23.5 Å². The normalized spacial score (nSPS) is 12.4. The minimum absolute atomic E-state index is 0.166. The van der Waals surface area contributed by atoms with Gasteiger partial charge in [-0.1, -0.05) is 24.6 Å². The van der Waals surface area contributed by atoms with Gasteiger partial charge in [0.15, 0.2) is 0 Å². The third-order valence-electron chi connectivity index (χ3n) is 3.18. The largest absolute Gasteiger partial charge is 0.324 e. The molecule has 1 atom stereocenters. The summed E-state index contributed by atoms with van der Waals surface area (Å²) < 4.78 is 13.0. The van der Waals surface area contributed by atoms with Crippen LogP contribution in [-0.2, 0) is 12.8 Å². The molecule has 0 radical (unpaired) electrons. The minimum atomic E-state index is -0.333. The fourth-order valence-corrected chi connectivity index (χ4v) is 2.37. The minimum Gasteiger partial charge on any atom is -0.324 e. The van der Waals surface area contributed by atoms with Gasteiger partial charge in [0.25, 0.3) is 0 Å². The maximum absolute atomic E-state index is 13.0. The summed E-state index contributed by atoms with van der Waals surface area (Å²) in [6.45, 7) is 2.07. The number of aromatic nitrogens is 1. The average Bonchev–Trinajstić information content (AvgIpc) is 2.41. The monoisotopic (exact) mass is 278 g/mol. The van der Waals surface area contributed by atoms with Crippen LogP contribution < -0.4 is 5.73 Å². The summed E-state index contributed by atoms with van der Waals surface area (Å²) >= 11 is 6.03. The Morgan fingerprint density at radius 2 is 2.11 bits per heavy atom. The van der Waals surface area contributed by atoms with Crippen LogP contribution in [0.2, 0.25) is 5.02 Å². The summed E-state index contributed by atoms with van der Waals surface area (Å²) in [4.78, 5) is 4.10. The van der Waals surface area contributed by atoms with Crippen molar-refractivity contribution in [1.82, 2.24) is 4.98 Å². The highest BCUT2D eigenvalue weighted by Crippen LogP contribution is 2.24. The van der Waals surface area contributed by atoms with Crippen molar-refractivity contribution < 1.29 is 4.39 Å². The number of benzene rings is 1. The SMILES string of the molecule is CCc1cnccc1C(N)Cc1ccc(F)cc1Cl. The second-order valence-electron chi connectivity index (χ2n) is 4.47. The van der Waals surface area contributed by atoms with E-state index >= 15 is 0 Å². The average molecular weight is 279 g/mol. The molecule has 2 N–H and O–H groups in total. The molecule has 0 saturated heterocycles. The smallest absolute Gasteiger partial charge is 0.124 e. The Kier molecular flexibility index (Phi) is 4.51. The summed E-state index contributed by atoms with van der Waals surface area (Å²) in [5, 5.41) is 0.419. The van der Waals surface area contributed by atoms with Gasteiger partial charge in [-0.05, 0) is 47.7 Å². The van der Waals surface area contributed by atoms with Gasteiger partial charge in [-0.2, -0.15) is 0 Å². The van der Waals surface area contributed by atoms with Crippen molar-refractivity contribution in [2.24, 2.45) is 5.73 Å². The summed E-state index contributed by atoms with van der Waals surface area (Å²) in [7, 11) is 0. The van der Waals surface area contributed by atoms with Crippen molar-refractivity contribution >= 4 is 11.6 Å². The Hall–Kier alpha value is -1.45. The van der Waals surface area contributed by atoms with E-state index in [4.69, 9.17) is 17.3 Å². The highest BCUT2D eigenvalue weighted by Gasteiger charge is 2.13. The van der Waals surface area contributed by atoms with E-state index in [1.165, 1.54) is 12.1 Å². The number of hydrogen-bond donors (Lipinski definition) is 1. The Labute approximate surface area is 117 Å². The number of pyridine rings is 1. The van der Waals surface area contributed by atoms with Gasteiger partial charge in [0.1, 0.15) is 5.82 Å². The van der Waals surface area contributed by atoms with Crippen LogP contribution in [0.4, 0.5) is 4.39 Å². The summed E-state index contributed by atoms with van der Waals surface area (Å²) in [6, 6.07) is 6.17. The third-order valence-corrected chi connectivity index (χ3v) is 3.53. The second-order valence-corrected chi connectivity index (χ2v) is 4.88. The molecule has 0 saturated carbocycles. The first-order valence-corrected chi connectivity index (χ1v) is 6.62. The Balaban J connectivity index is 2.23. The second kappa shape index (κ2) is 6.13. The van der Waals surface area contributed by atoms with Crippen molar-refractivity contribution in [2.75, 3.05) is 0 Å². The molecule has 2 nitrogen and oxygen atoms in total. The lowest BCUT2D eigenvalue weighted by molar-refractivity contribution is 0.625. The van der Waals surface area contributed by atoms with E-state index < -0.39 is 0 Å². The Bertz CT molecular complexity index is 572. The molecule has 2 aromatic rings. The summed E-state index contributed by atoms with van der Waals surface area (Å²) in [5.41, 5.74) is 9.29. The van der Waals surface area contributed by atoms with Gasteiger partial charge >= 0.3 is 0 Å². The number of nitrogens with two attached hydrogens (primary N) is 1. The zero-order valence-electron chi connectivity index (χ0n) is 10.7. The van der Waals surface area contributed by atoms with E-state index in [1.807, 2.05) is 12.3 Å². The van der Waals surface area contributed by atoms with Crippen LogP contribution in [-0.4, -0.2) is 4.98 Å². The van der Waals surface area contributed by atoms with Crippen molar-refractivity contribution in [3.63, 3.8) is 0 Å². The van der Waals surface area contributed by atoms with Crippen LogP contribution in [0, 0.1) is 5.82 Å². The van der Waals surface area contributed by atoms with Crippen LogP contribution in [0.25, 0.3) is 0 Å². The maximum atomic E-state index is 13.0. The number of hydrogen-bond acceptors (Lipinski definition) is 2. The van der Waals surface area contributed by atoms with E-state index in [0.717, 1.165) is 23.1 Å². The lowest BCUT2D eigenvalue weighted by Crippen LogP contribution is -2.15. The molecule has 100 valence electrons. The molecule has 1 aromatic carbocycles. The zero-order valence-corrected chi connectivity index (χ0v) is 11.5. The molecule has 1 aromatic heterocycles. The summed E-state index contributed by atoms with van der Waals surface area (Å²) in [5.74, 6) is -0.333. The van der Waals surface area contributed by atoms with Crippen LogP contribution >= 0.6 is 11.6 Å². The van der Waals surface area contributed by atoms with Gasteiger partial charge in [0.05, 0.1) is 0 Å². The molecular weight excluding hydrogens is 263 g/mol. The molecule has 0 bridgehead atoms. The van der Waals surface area contributed by atoms with Crippen molar-refractivity contribution in [3.05, 3.63) is 64.2 Å². The maximum Gasteiger partial charge on any atom is 0.124 e. The quantitative estimate of drug-likeness (QED) is 0.927. The molecule has 0 spiro atoms. The lowest BCUT2D eigenvalue weighted by Gasteiger charge is -2.16. The van der Waals surface area contributed by atoms with Gasteiger partial charge in [-0.15, -0.1) is 0 Å². The fourth-order valence-electron chi connectivity index (χ4n) is 2.13. The molecule has 1 heterocycles. The van der Waals surface area contributed by atoms with Gasteiger partial charge < -0.3 is 5.73 Å². The molecule has 0 aliphatic rings. The molecule has 19 heavy (non-hydrogen) atoms. The highest BCUT2D eigenvalue weighted by molar-refractivity contribution is 6.31. The first-order valence-electron chi connectivity index (χ1n) is 6.24. The zero-order chi connectivity index (χ0) is 13.8. The van der Waals surface area contributed by atoms with Crippen molar-refractivity contribution in [2.45, 2.75) is 25.8 Å². The molecule has 0 fully saturated rings. The standard InChI is InChI=1S/C15H16ClFN2/c1-2-10-9-19-6-5-13(10)15(18)7-11-3-4-12(17)8-14(11)16/h3-6,8-9,15H,2,7,18H2,1H3. The molecule has 2 rings (SSSR count). The first kappa shape index (κ1) is 14.0.